The molecule has 0 radical (unpaired) electrons. The van der Waals surface area contributed by atoms with Crippen molar-refractivity contribution in [2.24, 2.45) is 0 Å². The summed E-state index contributed by atoms with van der Waals surface area (Å²) in [6.07, 6.45) is -3.93. The number of nitrogens with one attached hydrogen (secondary N) is 2. The van der Waals surface area contributed by atoms with E-state index in [-0.39, 0.29) is 11.0 Å². The zero-order valence-corrected chi connectivity index (χ0v) is 15.9. The van der Waals surface area contributed by atoms with Crippen molar-refractivity contribution in [2.75, 3.05) is 0 Å². The monoisotopic (exact) mass is 410 g/mol. The molecular formula is C18H17F3N4O2S. The van der Waals surface area contributed by atoms with Gasteiger partial charge >= 0.3 is 6.18 Å². The van der Waals surface area contributed by atoms with Crippen molar-refractivity contribution >= 4 is 34.2 Å². The van der Waals surface area contributed by atoms with Crippen molar-refractivity contribution in [3.63, 3.8) is 0 Å². The Balaban J connectivity index is 1.73. The van der Waals surface area contributed by atoms with Crippen LogP contribution in [0.2, 0.25) is 0 Å². The Bertz CT molecular complexity index is 1040. The number of benzene rings is 1. The van der Waals surface area contributed by atoms with Gasteiger partial charge in [0.2, 0.25) is 5.82 Å². The van der Waals surface area contributed by atoms with Gasteiger partial charge in [-0.3, -0.25) is 20.4 Å². The highest BCUT2D eigenvalue weighted by molar-refractivity contribution is 7.14. The Morgan fingerprint density at radius 1 is 1.21 bits per heavy atom. The molecule has 2 aromatic heterocycles. The third-order valence-electron chi connectivity index (χ3n) is 4.09. The SMILES string of the molecule is CCc1sc(C(=O)NNC(=O)Cn2c(C(F)(F)F)nc3ccccc32)cc1C. The first-order valence-electron chi connectivity index (χ1n) is 8.41. The minimum atomic E-state index is -4.71. The van der Waals surface area contributed by atoms with Crippen LogP contribution >= 0.6 is 11.3 Å². The molecule has 6 nitrogen and oxygen atoms in total. The molecule has 3 aromatic rings. The molecule has 1 aromatic carbocycles. The van der Waals surface area contributed by atoms with E-state index in [1.54, 1.807) is 18.2 Å². The van der Waals surface area contributed by atoms with Crippen LogP contribution < -0.4 is 10.9 Å². The topological polar surface area (TPSA) is 76.0 Å². The number of fused-ring (bicyclic) bond motifs is 1. The lowest BCUT2D eigenvalue weighted by Crippen LogP contribution is -2.43. The number of thiophene rings is 1. The van der Waals surface area contributed by atoms with Crippen LogP contribution in [0.1, 0.15) is 32.9 Å². The average molecular weight is 410 g/mol. The lowest BCUT2D eigenvalue weighted by Gasteiger charge is -2.12. The number of imidazole rings is 1. The van der Waals surface area contributed by atoms with Gasteiger partial charge in [-0.2, -0.15) is 13.2 Å². The normalized spacial score (nSPS) is 11.6. The molecule has 0 saturated heterocycles. The summed E-state index contributed by atoms with van der Waals surface area (Å²) in [4.78, 5) is 29.4. The molecule has 2 N–H and O–H groups in total. The highest BCUT2D eigenvalue weighted by Crippen LogP contribution is 2.31. The van der Waals surface area contributed by atoms with E-state index in [9.17, 15) is 22.8 Å². The fourth-order valence-corrected chi connectivity index (χ4v) is 3.82. The van der Waals surface area contributed by atoms with Crippen molar-refractivity contribution in [3.8, 4) is 0 Å². The predicted octanol–water partition coefficient (Wildman–Crippen LogP) is 3.45. The zero-order valence-electron chi connectivity index (χ0n) is 15.1. The number of alkyl halides is 3. The molecule has 2 amide bonds. The summed E-state index contributed by atoms with van der Waals surface area (Å²) in [5, 5.41) is 0. The number of hydrazine groups is 1. The van der Waals surface area contributed by atoms with Crippen molar-refractivity contribution in [1.82, 2.24) is 20.4 Å². The molecule has 2 heterocycles. The summed E-state index contributed by atoms with van der Waals surface area (Å²) in [6, 6.07) is 7.71. The van der Waals surface area contributed by atoms with Crippen LogP contribution in [0.15, 0.2) is 30.3 Å². The van der Waals surface area contributed by atoms with Gasteiger partial charge in [0.25, 0.3) is 11.8 Å². The fourth-order valence-electron chi connectivity index (χ4n) is 2.81. The third-order valence-corrected chi connectivity index (χ3v) is 5.47. The molecule has 148 valence electrons. The van der Waals surface area contributed by atoms with E-state index in [2.05, 4.69) is 15.8 Å². The van der Waals surface area contributed by atoms with Crippen LogP contribution in [0.5, 0.6) is 0 Å². The largest absolute Gasteiger partial charge is 0.449 e. The van der Waals surface area contributed by atoms with E-state index in [1.165, 1.54) is 23.5 Å². The Morgan fingerprint density at radius 2 is 1.93 bits per heavy atom. The number of nitrogens with zero attached hydrogens (tertiary/aromatic N) is 2. The third kappa shape index (κ3) is 4.01. The van der Waals surface area contributed by atoms with Crippen molar-refractivity contribution in [1.29, 1.82) is 0 Å². The molecule has 3 rings (SSSR count). The Labute approximate surface area is 162 Å². The minimum Gasteiger partial charge on any atom is -0.311 e. The van der Waals surface area contributed by atoms with Gasteiger partial charge in [-0.15, -0.1) is 11.3 Å². The molecule has 0 aliphatic carbocycles. The first-order chi connectivity index (χ1) is 13.2. The molecule has 0 saturated carbocycles. The number of hydrogen-bond acceptors (Lipinski definition) is 4. The number of para-hydroxylation sites is 2. The first kappa shape index (κ1) is 19.9. The van der Waals surface area contributed by atoms with Crippen LogP contribution in [-0.2, 0) is 23.9 Å². The van der Waals surface area contributed by atoms with Gasteiger partial charge in [-0.25, -0.2) is 4.98 Å². The number of halogens is 3. The molecule has 0 aliphatic rings. The number of amides is 2. The van der Waals surface area contributed by atoms with E-state index in [0.717, 1.165) is 21.4 Å². The molecule has 10 heteroatoms. The maximum atomic E-state index is 13.3. The number of rotatable bonds is 4. The number of carbonyl (C=O) groups is 2. The Morgan fingerprint density at radius 3 is 2.57 bits per heavy atom. The maximum Gasteiger partial charge on any atom is 0.449 e. The van der Waals surface area contributed by atoms with E-state index < -0.39 is 30.4 Å². The van der Waals surface area contributed by atoms with Gasteiger partial charge in [0.05, 0.1) is 15.9 Å². The van der Waals surface area contributed by atoms with Gasteiger partial charge in [0.15, 0.2) is 0 Å². The van der Waals surface area contributed by atoms with Crippen molar-refractivity contribution < 1.29 is 22.8 Å². The first-order valence-corrected chi connectivity index (χ1v) is 9.23. The maximum absolute atomic E-state index is 13.3. The summed E-state index contributed by atoms with van der Waals surface area (Å²) >= 11 is 1.31. The second-order valence-corrected chi connectivity index (χ2v) is 7.22. The second-order valence-electron chi connectivity index (χ2n) is 6.08. The number of hydrogen-bond donors (Lipinski definition) is 2. The van der Waals surface area contributed by atoms with E-state index in [1.807, 2.05) is 13.8 Å². The molecule has 0 aliphatic heterocycles. The van der Waals surface area contributed by atoms with Crippen LogP contribution in [0, 0.1) is 6.92 Å². The van der Waals surface area contributed by atoms with Gasteiger partial charge in [-0.05, 0) is 37.1 Å². The molecular weight excluding hydrogens is 393 g/mol. The van der Waals surface area contributed by atoms with Crippen LogP contribution in [0.3, 0.4) is 0 Å². The molecule has 0 bridgehead atoms. The van der Waals surface area contributed by atoms with Gasteiger partial charge in [0, 0.05) is 4.88 Å². The fraction of sp³-hybridized carbons (Fsp3) is 0.278. The molecule has 28 heavy (non-hydrogen) atoms. The smallest absolute Gasteiger partial charge is 0.311 e. The van der Waals surface area contributed by atoms with E-state index in [0.29, 0.717) is 4.88 Å². The quantitative estimate of drug-likeness (QED) is 0.647. The number of carbonyl (C=O) groups excluding carboxylic acids is 2. The molecule has 0 atom stereocenters. The lowest BCUT2D eigenvalue weighted by atomic mass is 10.2. The van der Waals surface area contributed by atoms with Gasteiger partial charge in [-0.1, -0.05) is 19.1 Å². The second kappa shape index (κ2) is 7.63. The lowest BCUT2D eigenvalue weighted by molar-refractivity contribution is -0.147. The van der Waals surface area contributed by atoms with Crippen molar-refractivity contribution in [2.45, 2.75) is 33.0 Å². The van der Waals surface area contributed by atoms with Crippen LogP contribution in [-0.4, -0.2) is 21.4 Å². The molecule has 0 unspecified atom stereocenters. The zero-order chi connectivity index (χ0) is 20.5. The standard InChI is InChI=1S/C18H17F3N4O2S/c1-3-13-10(2)8-14(28-13)16(27)24-23-15(26)9-25-12-7-5-4-6-11(12)22-17(25)18(19,20)21/h4-8H,3,9H2,1-2H3,(H,23,26)(H,24,27). The Hall–Kier alpha value is -2.88. The van der Waals surface area contributed by atoms with Gasteiger partial charge < -0.3 is 4.57 Å². The van der Waals surface area contributed by atoms with E-state index >= 15 is 0 Å². The summed E-state index contributed by atoms with van der Waals surface area (Å²) < 4.78 is 40.6. The summed E-state index contributed by atoms with van der Waals surface area (Å²) in [7, 11) is 0. The Kier molecular flexibility index (Phi) is 5.41. The van der Waals surface area contributed by atoms with E-state index in [4.69, 9.17) is 0 Å². The highest BCUT2D eigenvalue weighted by Gasteiger charge is 2.38. The van der Waals surface area contributed by atoms with Gasteiger partial charge in [0.1, 0.15) is 6.54 Å². The minimum absolute atomic E-state index is 0.132. The molecule has 0 fully saturated rings. The summed E-state index contributed by atoms with van der Waals surface area (Å²) in [5.74, 6) is -2.49. The average Bonchev–Trinajstić information content (AvgIpc) is 3.20. The molecule has 0 spiro atoms. The number of aryl methyl sites for hydroxylation is 2. The summed E-state index contributed by atoms with van der Waals surface area (Å²) in [6.45, 7) is 3.21. The highest BCUT2D eigenvalue weighted by atomic mass is 32.1. The predicted molar refractivity (Wildman–Crippen MR) is 98.8 cm³/mol. The van der Waals surface area contributed by atoms with Crippen LogP contribution in [0.4, 0.5) is 13.2 Å². The summed E-state index contributed by atoms with van der Waals surface area (Å²) in [5.41, 5.74) is 5.69. The van der Waals surface area contributed by atoms with Crippen molar-refractivity contribution in [3.05, 3.63) is 51.5 Å². The number of aromatic nitrogens is 2. The van der Waals surface area contributed by atoms with Crippen LogP contribution in [0.25, 0.3) is 11.0 Å².